The third kappa shape index (κ3) is 4.67. The molecule has 12 heteroatoms. The first-order chi connectivity index (χ1) is 15.4. The number of nitrogens with zero attached hydrogens (tertiary/aromatic N) is 3. The Morgan fingerprint density at radius 2 is 1.88 bits per heavy atom. The number of carbonyl (C=O) groups excluding carboxylic acids is 2. The molecule has 0 aliphatic carbocycles. The molecule has 1 atom stereocenters. The van der Waals surface area contributed by atoms with Crippen LogP contribution in [-0.4, -0.2) is 62.6 Å². The van der Waals surface area contributed by atoms with Crippen LogP contribution >= 0.6 is 11.3 Å². The number of para-hydroxylation sites is 1. The molecular weight excluding hydrogens is 454 g/mol. The predicted octanol–water partition coefficient (Wildman–Crippen LogP) is 0.505. The quantitative estimate of drug-likeness (QED) is 0.597. The predicted molar refractivity (Wildman–Crippen MR) is 120 cm³/mol. The zero-order valence-corrected chi connectivity index (χ0v) is 18.8. The fourth-order valence-corrected chi connectivity index (χ4v) is 6.32. The van der Waals surface area contributed by atoms with E-state index in [1.807, 2.05) is 6.07 Å². The van der Waals surface area contributed by atoms with Crippen LogP contribution in [-0.2, 0) is 30.9 Å². The first-order valence-electron chi connectivity index (χ1n) is 10.0. The van der Waals surface area contributed by atoms with E-state index in [2.05, 4.69) is 10.4 Å². The highest BCUT2D eigenvalue weighted by molar-refractivity contribution is 7.91. The number of morpholine rings is 1. The number of primary amides is 1. The highest BCUT2D eigenvalue weighted by Crippen LogP contribution is 2.26. The number of benzene rings is 1. The summed E-state index contributed by atoms with van der Waals surface area (Å²) < 4.78 is 32.3. The largest absolute Gasteiger partial charge is 0.379 e. The van der Waals surface area contributed by atoms with E-state index in [9.17, 15) is 18.0 Å². The molecule has 2 amide bonds. The minimum Gasteiger partial charge on any atom is -0.379 e. The molecule has 2 aliphatic rings. The topological polar surface area (TPSA) is 134 Å². The second-order valence-corrected chi connectivity index (χ2v) is 10.6. The lowest BCUT2D eigenvalue weighted by Gasteiger charge is -2.25. The zero-order valence-electron chi connectivity index (χ0n) is 17.1. The van der Waals surface area contributed by atoms with E-state index in [4.69, 9.17) is 10.5 Å². The summed E-state index contributed by atoms with van der Waals surface area (Å²) in [5.74, 6) is -1.00. The minimum absolute atomic E-state index is 0.0944. The van der Waals surface area contributed by atoms with Gasteiger partial charge in [-0.15, -0.1) is 11.3 Å². The van der Waals surface area contributed by atoms with Crippen LogP contribution in [0.15, 0.2) is 51.8 Å². The summed E-state index contributed by atoms with van der Waals surface area (Å²) in [6.07, 6.45) is 0.0944. The summed E-state index contributed by atoms with van der Waals surface area (Å²) in [5.41, 5.74) is 6.36. The maximum Gasteiger partial charge on any atom is 0.267 e. The molecule has 32 heavy (non-hydrogen) atoms. The number of amides is 2. The van der Waals surface area contributed by atoms with Crippen LogP contribution in [0.4, 0.5) is 5.69 Å². The SMILES string of the molecule is NC(=O)C1CC(C(=O)NCc2ccc(S(=O)(=O)N3CCOCC3)s2)=NN1c1ccccc1. The van der Waals surface area contributed by atoms with Crippen LogP contribution < -0.4 is 16.1 Å². The maximum atomic E-state index is 12.7. The fourth-order valence-electron chi connectivity index (χ4n) is 3.46. The highest BCUT2D eigenvalue weighted by atomic mass is 32.2. The highest BCUT2D eigenvalue weighted by Gasteiger charge is 2.35. The van der Waals surface area contributed by atoms with E-state index in [1.165, 1.54) is 9.31 Å². The molecule has 1 unspecified atom stereocenters. The van der Waals surface area contributed by atoms with Gasteiger partial charge in [-0.05, 0) is 24.3 Å². The standard InChI is InChI=1S/C20H23N5O5S2/c21-19(26)17-12-16(23-25(17)14-4-2-1-3-5-14)20(27)22-13-15-6-7-18(31-15)32(28,29)24-8-10-30-11-9-24/h1-7,17H,8-13H2,(H2,21,26)(H,22,27). The van der Waals surface area contributed by atoms with Crippen molar-refractivity contribution < 1.29 is 22.7 Å². The molecule has 4 rings (SSSR count). The van der Waals surface area contributed by atoms with Crippen molar-refractivity contribution in [3.63, 3.8) is 0 Å². The number of nitrogens with two attached hydrogens (primary N) is 1. The van der Waals surface area contributed by atoms with Gasteiger partial charge in [-0.2, -0.15) is 9.41 Å². The summed E-state index contributed by atoms with van der Waals surface area (Å²) in [5, 5.41) is 8.51. The smallest absolute Gasteiger partial charge is 0.267 e. The van der Waals surface area contributed by atoms with Crippen molar-refractivity contribution in [3.8, 4) is 0 Å². The summed E-state index contributed by atoms with van der Waals surface area (Å²) >= 11 is 1.11. The Morgan fingerprint density at radius 1 is 1.16 bits per heavy atom. The van der Waals surface area contributed by atoms with Gasteiger partial charge in [0.15, 0.2) is 0 Å². The number of hydrogen-bond donors (Lipinski definition) is 2. The van der Waals surface area contributed by atoms with Crippen LogP contribution in [0, 0.1) is 0 Å². The molecule has 10 nitrogen and oxygen atoms in total. The van der Waals surface area contributed by atoms with Crippen LogP contribution in [0.3, 0.4) is 0 Å². The van der Waals surface area contributed by atoms with Gasteiger partial charge in [-0.25, -0.2) is 8.42 Å². The molecule has 0 spiro atoms. The van der Waals surface area contributed by atoms with Gasteiger partial charge in [0.2, 0.25) is 5.91 Å². The van der Waals surface area contributed by atoms with Crippen LogP contribution in [0.25, 0.3) is 0 Å². The van der Waals surface area contributed by atoms with E-state index in [1.54, 1.807) is 36.4 Å². The number of rotatable bonds is 7. The van der Waals surface area contributed by atoms with Gasteiger partial charge in [-0.3, -0.25) is 14.6 Å². The van der Waals surface area contributed by atoms with E-state index in [0.717, 1.165) is 11.3 Å². The summed E-state index contributed by atoms with van der Waals surface area (Å²) in [6, 6.07) is 11.5. The summed E-state index contributed by atoms with van der Waals surface area (Å²) in [7, 11) is -3.57. The van der Waals surface area contributed by atoms with Gasteiger partial charge in [0, 0.05) is 24.4 Å². The fraction of sp³-hybridized carbons (Fsp3) is 0.350. The number of nitrogens with one attached hydrogen (secondary N) is 1. The Hall–Kier alpha value is -2.80. The number of ether oxygens (including phenoxy) is 1. The number of sulfonamides is 1. The van der Waals surface area contributed by atoms with Gasteiger partial charge in [0.05, 0.1) is 25.4 Å². The average Bonchev–Trinajstić information content (AvgIpc) is 3.47. The van der Waals surface area contributed by atoms with Gasteiger partial charge < -0.3 is 15.8 Å². The normalized spacial score (nSPS) is 19.6. The van der Waals surface area contributed by atoms with Crippen molar-refractivity contribution in [2.24, 2.45) is 10.8 Å². The lowest BCUT2D eigenvalue weighted by atomic mass is 10.1. The van der Waals surface area contributed by atoms with Crippen molar-refractivity contribution in [1.82, 2.24) is 9.62 Å². The number of anilines is 1. The van der Waals surface area contributed by atoms with Crippen LogP contribution in [0.5, 0.6) is 0 Å². The average molecular weight is 478 g/mol. The molecule has 0 saturated carbocycles. The van der Waals surface area contributed by atoms with Crippen molar-refractivity contribution in [3.05, 3.63) is 47.3 Å². The summed E-state index contributed by atoms with van der Waals surface area (Å²) in [6.45, 7) is 1.55. The number of hydrazone groups is 1. The van der Waals surface area contributed by atoms with E-state index >= 15 is 0 Å². The second kappa shape index (κ2) is 9.36. The molecule has 0 bridgehead atoms. The molecule has 2 aliphatic heterocycles. The van der Waals surface area contributed by atoms with Crippen LogP contribution in [0.1, 0.15) is 11.3 Å². The first-order valence-corrected chi connectivity index (χ1v) is 12.3. The molecular formula is C20H23N5O5S2. The molecule has 1 saturated heterocycles. The summed E-state index contributed by atoms with van der Waals surface area (Å²) in [4.78, 5) is 25.2. The number of hydrogen-bond acceptors (Lipinski definition) is 8. The molecule has 3 heterocycles. The Labute approximate surface area is 189 Å². The van der Waals surface area contributed by atoms with E-state index in [0.29, 0.717) is 36.9 Å². The van der Waals surface area contributed by atoms with Crippen molar-refractivity contribution in [2.75, 3.05) is 31.3 Å². The Kier molecular flexibility index (Phi) is 6.55. The van der Waals surface area contributed by atoms with E-state index < -0.39 is 27.9 Å². The van der Waals surface area contributed by atoms with Crippen LogP contribution in [0.2, 0.25) is 0 Å². The van der Waals surface area contributed by atoms with Crippen molar-refractivity contribution in [1.29, 1.82) is 0 Å². The van der Waals surface area contributed by atoms with Gasteiger partial charge >= 0.3 is 0 Å². The molecule has 1 aromatic carbocycles. The lowest BCUT2D eigenvalue weighted by molar-refractivity contribution is -0.119. The molecule has 1 aromatic heterocycles. The van der Waals surface area contributed by atoms with Crippen molar-refractivity contribution in [2.45, 2.75) is 23.2 Å². The molecule has 170 valence electrons. The third-order valence-electron chi connectivity index (χ3n) is 5.15. The lowest BCUT2D eigenvalue weighted by Crippen LogP contribution is -2.40. The first kappa shape index (κ1) is 22.4. The van der Waals surface area contributed by atoms with Crippen molar-refractivity contribution >= 4 is 44.6 Å². The Bertz CT molecular complexity index is 1130. The molecule has 1 fully saturated rings. The number of thiophene rings is 1. The monoisotopic (exact) mass is 477 g/mol. The minimum atomic E-state index is -3.57. The molecule has 2 aromatic rings. The van der Waals surface area contributed by atoms with Gasteiger partial charge in [-0.1, -0.05) is 18.2 Å². The second-order valence-electron chi connectivity index (χ2n) is 7.27. The van der Waals surface area contributed by atoms with Gasteiger partial charge in [0.25, 0.3) is 15.9 Å². The Morgan fingerprint density at radius 3 is 2.56 bits per heavy atom. The molecule has 3 N–H and O–H groups in total. The maximum absolute atomic E-state index is 12.7. The number of carbonyl (C=O) groups is 2. The van der Waals surface area contributed by atoms with E-state index in [-0.39, 0.29) is 22.9 Å². The molecule has 0 radical (unpaired) electrons. The Balaban J connectivity index is 1.41. The van der Waals surface area contributed by atoms with Gasteiger partial charge in [0.1, 0.15) is 16.0 Å². The zero-order chi connectivity index (χ0) is 22.7. The third-order valence-corrected chi connectivity index (χ3v) is 8.60.